The Labute approximate surface area is 142 Å². The third-order valence-electron chi connectivity index (χ3n) is 3.28. The van der Waals surface area contributed by atoms with Crippen LogP contribution >= 0.6 is 0 Å². The fraction of sp³-hybridized carbons (Fsp3) is 0.316. The van der Waals surface area contributed by atoms with Crippen LogP contribution in [0.15, 0.2) is 42.5 Å². The van der Waals surface area contributed by atoms with E-state index in [1.165, 1.54) is 0 Å². The Kier molecular flexibility index (Phi) is 6.49. The Hall–Kier alpha value is -2.69. The van der Waals surface area contributed by atoms with Crippen LogP contribution in [0.3, 0.4) is 0 Å². The summed E-state index contributed by atoms with van der Waals surface area (Å²) in [7, 11) is 0. The topological polar surface area (TPSA) is 56.8 Å². The second-order valence-corrected chi connectivity index (χ2v) is 5.13. The summed E-state index contributed by atoms with van der Waals surface area (Å²) in [5, 5.41) is 2.80. The molecule has 0 radical (unpaired) electrons. The lowest BCUT2D eigenvalue weighted by molar-refractivity contribution is -0.118. The lowest BCUT2D eigenvalue weighted by Crippen LogP contribution is -2.20. The van der Waals surface area contributed by atoms with Crippen LogP contribution in [0.4, 0.5) is 5.69 Å². The normalized spacial score (nSPS) is 10.1. The van der Waals surface area contributed by atoms with E-state index in [1.807, 2.05) is 45.0 Å². The number of rotatable bonds is 8. The number of hydrogen-bond acceptors (Lipinski definition) is 4. The molecular weight excluding hydrogens is 306 g/mol. The minimum absolute atomic E-state index is 0.0535. The van der Waals surface area contributed by atoms with Crippen molar-refractivity contribution in [2.24, 2.45) is 0 Å². The number of hydrogen-bond donors (Lipinski definition) is 1. The Morgan fingerprint density at radius 2 is 1.62 bits per heavy atom. The quantitative estimate of drug-likeness (QED) is 0.800. The van der Waals surface area contributed by atoms with E-state index in [2.05, 4.69) is 5.32 Å². The molecule has 24 heavy (non-hydrogen) atoms. The zero-order valence-electron chi connectivity index (χ0n) is 14.3. The summed E-state index contributed by atoms with van der Waals surface area (Å²) in [4.78, 5) is 12.1. The van der Waals surface area contributed by atoms with Crippen molar-refractivity contribution >= 4 is 11.6 Å². The van der Waals surface area contributed by atoms with Crippen molar-refractivity contribution in [2.45, 2.75) is 20.8 Å². The SMILES string of the molecule is CCOc1ccc(NC(=O)COc2ccccc2C)cc1OCC. The fourth-order valence-corrected chi connectivity index (χ4v) is 2.19. The van der Waals surface area contributed by atoms with E-state index in [4.69, 9.17) is 14.2 Å². The van der Waals surface area contributed by atoms with Crippen LogP contribution in [0.25, 0.3) is 0 Å². The summed E-state index contributed by atoms with van der Waals surface area (Å²) in [5.74, 6) is 1.74. The van der Waals surface area contributed by atoms with Gasteiger partial charge >= 0.3 is 0 Å². The molecule has 0 spiro atoms. The molecule has 0 heterocycles. The predicted molar refractivity (Wildman–Crippen MR) is 94.1 cm³/mol. The molecule has 128 valence electrons. The van der Waals surface area contributed by atoms with Gasteiger partial charge in [-0.05, 0) is 44.5 Å². The summed E-state index contributed by atoms with van der Waals surface area (Å²) in [6, 6.07) is 12.9. The molecule has 0 unspecified atom stereocenters. The number of para-hydroxylation sites is 1. The summed E-state index contributed by atoms with van der Waals surface area (Å²) in [6.45, 7) is 6.77. The zero-order valence-corrected chi connectivity index (χ0v) is 14.3. The summed E-state index contributed by atoms with van der Waals surface area (Å²) in [5.41, 5.74) is 1.63. The number of ether oxygens (including phenoxy) is 3. The predicted octanol–water partition coefficient (Wildman–Crippen LogP) is 3.81. The van der Waals surface area contributed by atoms with E-state index in [1.54, 1.807) is 18.2 Å². The highest BCUT2D eigenvalue weighted by Gasteiger charge is 2.09. The Balaban J connectivity index is 1.98. The van der Waals surface area contributed by atoms with Crippen LogP contribution in [0.1, 0.15) is 19.4 Å². The van der Waals surface area contributed by atoms with Gasteiger partial charge in [-0.25, -0.2) is 0 Å². The molecular formula is C19H23NO4. The highest BCUT2D eigenvalue weighted by atomic mass is 16.5. The molecule has 0 atom stereocenters. The molecule has 0 aliphatic heterocycles. The van der Waals surface area contributed by atoms with Gasteiger partial charge in [0.05, 0.1) is 13.2 Å². The third-order valence-corrected chi connectivity index (χ3v) is 3.28. The molecule has 2 rings (SSSR count). The first-order valence-corrected chi connectivity index (χ1v) is 8.02. The molecule has 0 aliphatic rings. The number of benzene rings is 2. The summed E-state index contributed by atoms with van der Waals surface area (Å²) >= 11 is 0. The van der Waals surface area contributed by atoms with Crippen molar-refractivity contribution in [1.82, 2.24) is 0 Å². The van der Waals surface area contributed by atoms with Gasteiger partial charge in [0.2, 0.25) is 0 Å². The van der Waals surface area contributed by atoms with Gasteiger partial charge < -0.3 is 19.5 Å². The van der Waals surface area contributed by atoms with Gasteiger partial charge in [0.1, 0.15) is 5.75 Å². The van der Waals surface area contributed by atoms with Gasteiger partial charge in [0.25, 0.3) is 5.91 Å². The smallest absolute Gasteiger partial charge is 0.262 e. The number of aryl methyl sites for hydroxylation is 1. The maximum atomic E-state index is 12.1. The van der Waals surface area contributed by atoms with Crippen LogP contribution < -0.4 is 19.5 Å². The minimum atomic E-state index is -0.232. The van der Waals surface area contributed by atoms with Gasteiger partial charge in [-0.15, -0.1) is 0 Å². The fourth-order valence-electron chi connectivity index (χ4n) is 2.19. The standard InChI is InChI=1S/C19H23NO4/c1-4-22-17-11-10-15(12-18(17)23-5-2)20-19(21)13-24-16-9-7-6-8-14(16)3/h6-12H,4-5,13H2,1-3H3,(H,20,21). The highest BCUT2D eigenvalue weighted by molar-refractivity contribution is 5.92. The largest absolute Gasteiger partial charge is 0.490 e. The Bertz CT molecular complexity index is 685. The van der Waals surface area contributed by atoms with Gasteiger partial charge in [-0.1, -0.05) is 18.2 Å². The van der Waals surface area contributed by atoms with Gasteiger partial charge in [-0.2, -0.15) is 0 Å². The number of amides is 1. The summed E-state index contributed by atoms with van der Waals surface area (Å²) in [6.07, 6.45) is 0. The molecule has 0 bridgehead atoms. The molecule has 0 fully saturated rings. The molecule has 0 saturated carbocycles. The Morgan fingerprint density at radius 1 is 0.917 bits per heavy atom. The van der Waals surface area contributed by atoms with Crippen molar-refractivity contribution in [3.8, 4) is 17.2 Å². The lowest BCUT2D eigenvalue weighted by atomic mass is 10.2. The second-order valence-electron chi connectivity index (χ2n) is 5.13. The number of carbonyl (C=O) groups excluding carboxylic acids is 1. The zero-order chi connectivity index (χ0) is 17.4. The van der Waals surface area contributed by atoms with Crippen molar-refractivity contribution < 1.29 is 19.0 Å². The highest BCUT2D eigenvalue weighted by Crippen LogP contribution is 2.30. The summed E-state index contributed by atoms with van der Waals surface area (Å²) < 4.78 is 16.6. The van der Waals surface area contributed by atoms with E-state index >= 15 is 0 Å². The molecule has 0 saturated heterocycles. The molecule has 0 aliphatic carbocycles. The first kappa shape index (κ1) is 17.7. The lowest BCUT2D eigenvalue weighted by Gasteiger charge is -2.13. The molecule has 2 aromatic carbocycles. The first-order valence-electron chi connectivity index (χ1n) is 8.02. The number of carbonyl (C=O) groups is 1. The van der Waals surface area contributed by atoms with Crippen LogP contribution in [-0.2, 0) is 4.79 Å². The van der Waals surface area contributed by atoms with E-state index < -0.39 is 0 Å². The van der Waals surface area contributed by atoms with E-state index in [-0.39, 0.29) is 12.5 Å². The van der Waals surface area contributed by atoms with Crippen LogP contribution in [0.5, 0.6) is 17.2 Å². The Morgan fingerprint density at radius 3 is 2.33 bits per heavy atom. The average molecular weight is 329 g/mol. The van der Waals surface area contributed by atoms with Crippen molar-refractivity contribution in [3.05, 3.63) is 48.0 Å². The molecule has 1 N–H and O–H groups in total. The van der Waals surface area contributed by atoms with E-state index in [0.29, 0.717) is 36.1 Å². The molecule has 5 heteroatoms. The average Bonchev–Trinajstić information content (AvgIpc) is 2.57. The van der Waals surface area contributed by atoms with Crippen LogP contribution in [0, 0.1) is 6.92 Å². The third kappa shape index (κ3) is 4.91. The second kappa shape index (κ2) is 8.82. The van der Waals surface area contributed by atoms with E-state index in [9.17, 15) is 4.79 Å². The van der Waals surface area contributed by atoms with Gasteiger partial charge in [0, 0.05) is 11.8 Å². The first-order chi connectivity index (χ1) is 11.6. The maximum absolute atomic E-state index is 12.1. The van der Waals surface area contributed by atoms with Crippen LogP contribution in [0.2, 0.25) is 0 Å². The molecule has 5 nitrogen and oxygen atoms in total. The monoisotopic (exact) mass is 329 g/mol. The van der Waals surface area contributed by atoms with E-state index in [0.717, 1.165) is 5.56 Å². The minimum Gasteiger partial charge on any atom is -0.490 e. The molecule has 1 amide bonds. The number of nitrogens with one attached hydrogen (secondary N) is 1. The van der Waals surface area contributed by atoms with Crippen LogP contribution in [-0.4, -0.2) is 25.7 Å². The number of anilines is 1. The molecule has 2 aromatic rings. The van der Waals surface area contributed by atoms with Gasteiger partial charge in [-0.3, -0.25) is 4.79 Å². The van der Waals surface area contributed by atoms with Crippen molar-refractivity contribution in [2.75, 3.05) is 25.1 Å². The van der Waals surface area contributed by atoms with Crippen molar-refractivity contribution in [3.63, 3.8) is 0 Å². The van der Waals surface area contributed by atoms with Gasteiger partial charge in [0.15, 0.2) is 18.1 Å². The maximum Gasteiger partial charge on any atom is 0.262 e. The van der Waals surface area contributed by atoms with Crippen molar-refractivity contribution in [1.29, 1.82) is 0 Å². The molecule has 0 aromatic heterocycles.